The van der Waals surface area contributed by atoms with E-state index >= 15 is 4.39 Å². The molecule has 0 bridgehead atoms. The summed E-state index contributed by atoms with van der Waals surface area (Å²) in [7, 11) is 0. The van der Waals surface area contributed by atoms with Crippen LogP contribution in [0.25, 0.3) is 11.1 Å². The number of hydrogen-bond donors (Lipinski definition) is 3. The molecule has 4 N–H and O–H groups in total. The predicted molar refractivity (Wildman–Crippen MR) is 130 cm³/mol. The minimum atomic E-state index is -1.40. The Bertz CT molecular complexity index is 1170. The molecule has 8 nitrogen and oxygen atoms in total. The van der Waals surface area contributed by atoms with Crippen LogP contribution in [0.5, 0.6) is 0 Å². The van der Waals surface area contributed by atoms with Crippen molar-refractivity contribution in [3.05, 3.63) is 58.9 Å². The summed E-state index contributed by atoms with van der Waals surface area (Å²) in [6, 6.07) is 12.6. The van der Waals surface area contributed by atoms with E-state index in [4.69, 9.17) is 15.2 Å². The minimum Gasteiger partial charge on any atom is -0.382 e. The number of carbonyl (C=O) groups is 1. The lowest BCUT2D eigenvalue weighted by Gasteiger charge is -2.45. The number of nitrogens with zero attached hydrogens (tertiary/aromatic N) is 2. The molecule has 0 aliphatic carbocycles. The zero-order chi connectivity index (χ0) is 25.3. The summed E-state index contributed by atoms with van der Waals surface area (Å²) in [6.07, 6.45) is 0.426. The molecular formula is C27H31FN4O4. The van der Waals surface area contributed by atoms with Gasteiger partial charge in [-0.25, -0.2) is 4.39 Å². The summed E-state index contributed by atoms with van der Waals surface area (Å²) < 4.78 is 26.7. The summed E-state index contributed by atoms with van der Waals surface area (Å²) in [5, 5.41) is 21.3. The first kappa shape index (κ1) is 24.8. The predicted octanol–water partition coefficient (Wildman–Crippen LogP) is 1.58. The molecular weight excluding hydrogens is 463 g/mol. The van der Waals surface area contributed by atoms with Crippen LogP contribution in [-0.4, -0.2) is 66.9 Å². The molecule has 0 aromatic heterocycles. The van der Waals surface area contributed by atoms with Crippen LogP contribution >= 0.6 is 0 Å². The molecule has 190 valence electrons. The monoisotopic (exact) mass is 494 g/mol. The van der Waals surface area contributed by atoms with Gasteiger partial charge >= 0.3 is 0 Å². The number of benzene rings is 2. The maximum atomic E-state index is 15.0. The lowest BCUT2D eigenvalue weighted by molar-refractivity contribution is -0.129. The third-order valence-electron chi connectivity index (χ3n) is 7.66. The third kappa shape index (κ3) is 4.75. The smallest absolute Gasteiger partial charge is 0.251 e. The second-order valence-corrected chi connectivity index (χ2v) is 9.83. The van der Waals surface area contributed by atoms with E-state index in [-0.39, 0.29) is 18.6 Å². The van der Waals surface area contributed by atoms with Gasteiger partial charge < -0.3 is 25.6 Å². The maximum absolute atomic E-state index is 15.0. The molecule has 2 atom stereocenters. The highest BCUT2D eigenvalue weighted by molar-refractivity contribution is 5.81. The number of rotatable bonds is 7. The van der Waals surface area contributed by atoms with Gasteiger partial charge in [0.1, 0.15) is 18.0 Å². The second-order valence-electron chi connectivity index (χ2n) is 9.83. The number of hydrogen-bond acceptors (Lipinski definition) is 7. The van der Waals surface area contributed by atoms with Crippen LogP contribution in [0.4, 0.5) is 4.39 Å². The number of carbonyl (C=O) groups excluding carboxylic acids is 1. The number of halogens is 1. The van der Waals surface area contributed by atoms with Gasteiger partial charge in [0.15, 0.2) is 0 Å². The molecule has 9 heteroatoms. The Morgan fingerprint density at radius 3 is 2.61 bits per heavy atom. The van der Waals surface area contributed by atoms with Crippen molar-refractivity contribution in [3.8, 4) is 17.2 Å². The van der Waals surface area contributed by atoms with Crippen molar-refractivity contribution >= 4 is 5.91 Å². The van der Waals surface area contributed by atoms with Gasteiger partial charge in [-0.3, -0.25) is 9.69 Å². The van der Waals surface area contributed by atoms with Gasteiger partial charge in [0.25, 0.3) is 5.91 Å². The molecule has 5 rings (SSSR count). The average molecular weight is 495 g/mol. The average Bonchev–Trinajstić information content (AvgIpc) is 3.21. The Hall–Kier alpha value is -2.87. The number of nitrogens with two attached hydrogens (primary N) is 1. The zero-order valence-corrected chi connectivity index (χ0v) is 20.1. The van der Waals surface area contributed by atoms with Crippen molar-refractivity contribution in [2.45, 2.75) is 49.7 Å². The van der Waals surface area contributed by atoms with Crippen molar-refractivity contribution in [1.29, 1.82) is 5.26 Å². The van der Waals surface area contributed by atoms with Gasteiger partial charge in [-0.2, -0.15) is 5.26 Å². The first-order valence-corrected chi connectivity index (χ1v) is 12.4. The fourth-order valence-corrected chi connectivity index (χ4v) is 5.31. The van der Waals surface area contributed by atoms with E-state index in [1.54, 1.807) is 6.07 Å². The van der Waals surface area contributed by atoms with Gasteiger partial charge in [0.05, 0.1) is 37.5 Å². The molecule has 2 aromatic carbocycles. The van der Waals surface area contributed by atoms with Crippen LogP contribution in [0.15, 0.2) is 36.4 Å². The number of nitrogens with one attached hydrogen (secondary N) is 1. The Kier molecular flexibility index (Phi) is 7.06. The highest BCUT2D eigenvalue weighted by Gasteiger charge is 2.44. The van der Waals surface area contributed by atoms with Crippen molar-refractivity contribution in [3.63, 3.8) is 0 Å². The fraction of sp³-hybridized carbons (Fsp3) is 0.481. The normalized spacial score (nSPS) is 20.8. The number of aliphatic hydroxyl groups is 1. The van der Waals surface area contributed by atoms with Crippen molar-refractivity contribution in [1.82, 2.24) is 10.2 Å². The summed E-state index contributed by atoms with van der Waals surface area (Å²) in [6.45, 7) is 3.91. The summed E-state index contributed by atoms with van der Waals surface area (Å²) in [4.78, 5) is 14.3. The van der Waals surface area contributed by atoms with E-state index < -0.39 is 23.9 Å². The zero-order valence-electron chi connectivity index (χ0n) is 20.1. The molecule has 2 aromatic rings. The Labute approximate surface area is 209 Å². The molecule has 3 aliphatic heterocycles. The van der Waals surface area contributed by atoms with Gasteiger partial charge in [-0.1, -0.05) is 24.3 Å². The lowest BCUT2D eigenvalue weighted by Crippen LogP contribution is -2.54. The fourth-order valence-electron chi connectivity index (χ4n) is 5.31. The molecule has 1 spiro atoms. The number of fused-ring (bicyclic) bond motifs is 2. The van der Waals surface area contributed by atoms with Crippen molar-refractivity contribution < 1.29 is 23.8 Å². The van der Waals surface area contributed by atoms with E-state index in [0.717, 1.165) is 50.3 Å². The van der Waals surface area contributed by atoms with Crippen LogP contribution in [0.2, 0.25) is 0 Å². The highest BCUT2D eigenvalue weighted by atomic mass is 19.1. The van der Waals surface area contributed by atoms with Crippen LogP contribution in [0.1, 0.15) is 29.5 Å². The van der Waals surface area contributed by atoms with Crippen molar-refractivity contribution in [2.75, 3.05) is 32.8 Å². The van der Waals surface area contributed by atoms with Crippen LogP contribution in [-0.2, 0) is 32.9 Å². The third-order valence-corrected chi connectivity index (χ3v) is 7.66. The largest absolute Gasteiger partial charge is 0.382 e. The first-order valence-electron chi connectivity index (χ1n) is 12.4. The highest BCUT2D eigenvalue weighted by Crippen LogP contribution is 2.46. The van der Waals surface area contributed by atoms with Crippen LogP contribution in [0.3, 0.4) is 0 Å². The van der Waals surface area contributed by atoms with Crippen LogP contribution in [0, 0.1) is 17.1 Å². The quantitative estimate of drug-likeness (QED) is 0.535. The maximum Gasteiger partial charge on any atom is 0.251 e. The molecule has 3 aliphatic rings. The molecule has 2 saturated heterocycles. The SMILES string of the molecule is N#C[C@H](Cc1ccc(-c2ccc3c(c2)C2(CCN(C4COC4)CC2)OC3)cc1F)NC(=O)[C@@H](O)CN. The molecule has 0 radical (unpaired) electrons. The van der Waals surface area contributed by atoms with E-state index in [9.17, 15) is 15.2 Å². The number of amides is 1. The molecule has 3 heterocycles. The Morgan fingerprint density at radius 1 is 1.25 bits per heavy atom. The second kappa shape index (κ2) is 10.2. The van der Waals surface area contributed by atoms with Gasteiger partial charge in [0, 0.05) is 26.1 Å². The van der Waals surface area contributed by atoms with Gasteiger partial charge in [0.2, 0.25) is 0 Å². The number of piperidine rings is 1. The number of aliphatic hydroxyl groups excluding tert-OH is 1. The molecule has 1 amide bonds. The van der Waals surface area contributed by atoms with E-state index in [2.05, 4.69) is 22.3 Å². The summed E-state index contributed by atoms with van der Waals surface area (Å²) in [5.41, 5.74) is 9.32. The Balaban J connectivity index is 1.31. The first-order chi connectivity index (χ1) is 17.4. The minimum absolute atomic E-state index is 0.0185. The molecule has 36 heavy (non-hydrogen) atoms. The summed E-state index contributed by atoms with van der Waals surface area (Å²) in [5.74, 6) is -1.20. The molecule has 0 unspecified atom stereocenters. The van der Waals surface area contributed by atoms with E-state index in [1.165, 1.54) is 17.2 Å². The van der Waals surface area contributed by atoms with Gasteiger partial charge in [-0.05, 0) is 52.8 Å². The van der Waals surface area contributed by atoms with Crippen LogP contribution < -0.4 is 11.1 Å². The van der Waals surface area contributed by atoms with E-state index in [1.807, 2.05) is 18.2 Å². The van der Waals surface area contributed by atoms with E-state index in [0.29, 0.717) is 18.2 Å². The standard InChI is InChI=1S/C27H31FN4O4/c28-24-11-18(1-3-19(24)9-21(12-29)31-26(34)25(33)13-30)17-2-4-20-14-36-27(23(20)10-17)5-7-32(8-6-27)22-15-35-16-22/h1-4,10-11,21-22,25,33H,5-9,13-16,30H2,(H,31,34)/t21-,25-/m0/s1. The van der Waals surface area contributed by atoms with Gasteiger partial charge in [-0.15, -0.1) is 0 Å². The Morgan fingerprint density at radius 2 is 1.97 bits per heavy atom. The molecule has 2 fully saturated rings. The molecule has 0 saturated carbocycles. The van der Waals surface area contributed by atoms with Crippen molar-refractivity contribution in [2.24, 2.45) is 5.73 Å². The summed E-state index contributed by atoms with van der Waals surface area (Å²) >= 11 is 0. The number of likely N-dealkylation sites (tertiary alicyclic amines) is 1. The number of ether oxygens (including phenoxy) is 2. The lowest BCUT2D eigenvalue weighted by atomic mass is 9.82. The topological polar surface area (TPSA) is 121 Å². The number of nitriles is 1.